The SMILES string of the molecule is Cc1ccc(S(=O)(=O)N2CCN(c3nc(C)cc(Nc4ccccc4)n3)CC2)cc1. The first-order valence-corrected chi connectivity index (χ1v) is 11.4. The van der Waals surface area contributed by atoms with E-state index in [0.717, 1.165) is 22.8 Å². The van der Waals surface area contributed by atoms with Gasteiger partial charge in [0.2, 0.25) is 16.0 Å². The quantitative estimate of drug-likeness (QED) is 0.678. The second-order valence-corrected chi connectivity index (χ2v) is 9.33. The molecule has 2 aromatic carbocycles. The zero-order valence-corrected chi connectivity index (χ0v) is 17.9. The molecule has 0 spiro atoms. The van der Waals surface area contributed by atoms with Crippen molar-refractivity contribution in [3.8, 4) is 0 Å². The summed E-state index contributed by atoms with van der Waals surface area (Å²) in [4.78, 5) is 11.6. The van der Waals surface area contributed by atoms with E-state index in [-0.39, 0.29) is 0 Å². The molecule has 3 aromatic rings. The fourth-order valence-electron chi connectivity index (χ4n) is 3.42. The molecule has 0 amide bonds. The number of hydrogen-bond acceptors (Lipinski definition) is 6. The van der Waals surface area contributed by atoms with Crippen molar-refractivity contribution in [1.82, 2.24) is 14.3 Å². The predicted molar refractivity (Wildman–Crippen MR) is 119 cm³/mol. The Bertz CT molecular complexity index is 1110. The highest BCUT2D eigenvalue weighted by atomic mass is 32.2. The normalized spacial score (nSPS) is 15.2. The van der Waals surface area contributed by atoms with Crippen molar-refractivity contribution in [3.63, 3.8) is 0 Å². The number of hydrogen-bond donors (Lipinski definition) is 1. The summed E-state index contributed by atoms with van der Waals surface area (Å²) in [5, 5.41) is 3.30. The summed E-state index contributed by atoms with van der Waals surface area (Å²) in [6, 6.07) is 18.7. The Morgan fingerprint density at radius 2 is 1.53 bits per heavy atom. The summed E-state index contributed by atoms with van der Waals surface area (Å²) in [5.41, 5.74) is 2.85. The molecule has 4 rings (SSSR count). The molecule has 0 unspecified atom stereocenters. The molecular weight excluding hydrogens is 398 g/mol. The van der Waals surface area contributed by atoms with Gasteiger partial charge in [-0.15, -0.1) is 0 Å². The molecule has 0 bridgehead atoms. The lowest BCUT2D eigenvalue weighted by molar-refractivity contribution is 0.382. The Hall–Kier alpha value is -2.97. The van der Waals surface area contributed by atoms with Gasteiger partial charge in [-0.1, -0.05) is 35.9 Å². The number of piperazine rings is 1. The second kappa shape index (κ2) is 8.41. The summed E-state index contributed by atoms with van der Waals surface area (Å²) in [7, 11) is -3.49. The largest absolute Gasteiger partial charge is 0.340 e. The van der Waals surface area contributed by atoms with Gasteiger partial charge in [0.05, 0.1) is 4.90 Å². The summed E-state index contributed by atoms with van der Waals surface area (Å²) in [6.07, 6.45) is 0. The van der Waals surface area contributed by atoms with Crippen molar-refractivity contribution in [2.75, 3.05) is 36.4 Å². The highest BCUT2D eigenvalue weighted by molar-refractivity contribution is 7.89. The van der Waals surface area contributed by atoms with Crippen molar-refractivity contribution in [1.29, 1.82) is 0 Å². The van der Waals surface area contributed by atoms with Crippen LogP contribution in [0.4, 0.5) is 17.5 Å². The van der Waals surface area contributed by atoms with Crippen molar-refractivity contribution in [3.05, 3.63) is 71.9 Å². The predicted octanol–water partition coefficient (Wildman–Crippen LogP) is 3.35. The molecule has 0 radical (unpaired) electrons. The van der Waals surface area contributed by atoms with Gasteiger partial charge in [-0.25, -0.2) is 13.4 Å². The Kier molecular flexibility index (Phi) is 5.69. The third kappa shape index (κ3) is 4.44. The standard InChI is InChI=1S/C22H25N5O2S/c1-17-8-10-20(11-9-17)30(28,29)27-14-12-26(13-15-27)22-23-18(2)16-21(25-22)24-19-6-4-3-5-7-19/h3-11,16H,12-15H2,1-2H3,(H,23,24,25). The van der Waals surface area contributed by atoms with Crippen LogP contribution in [0.25, 0.3) is 0 Å². The van der Waals surface area contributed by atoms with Crippen LogP contribution < -0.4 is 10.2 Å². The highest BCUT2D eigenvalue weighted by Crippen LogP contribution is 2.22. The van der Waals surface area contributed by atoms with Crippen LogP contribution in [0.1, 0.15) is 11.3 Å². The first-order valence-electron chi connectivity index (χ1n) is 9.91. The lowest BCUT2D eigenvalue weighted by atomic mass is 10.2. The highest BCUT2D eigenvalue weighted by Gasteiger charge is 2.29. The Morgan fingerprint density at radius 1 is 0.867 bits per heavy atom. The molecule has 1 aliphatic heterocycles. The monoisotopic (exact) mass is 423 g/mol. The van der Waals surface area contributed by atoms with Crippen molar-refractivity contribution < 1.29 is 8.42 Å². The number of para-hydroxylation sites is 1. The van der Waals surface area contributed by atoms with E-state index in [0.29, 0.717) is 37.0 Å². The van der Waals surface area contributed by atoms with Gasteiger partial charge < -0.3 is 10.2 Å². The van der Waals surface area contributed by atoms with E-state index in [9.17, 15) is 8.42 Å². The number of nitrogens with one attached hydrogen (secondary N) is 1. The Balaban J connectivity index is 1.47. The number of aryl methyl sites for hydroxylation is 2. The summed E-state index contributed by atoms with van der Waals surface area (Å²) >= 11 is 0. The van der Waals surface area contributed by atoms with Crippen LogP contribution in [0.15, 0.2) is 65.6 Å². The topological polar surface area (TPSA) is 78.4 Å². The van der Waals surface area contributed by atoms with Gasteiger partial charge in [0, 0.05) is 43.6 Å². The minimum Gasteiger partial charge on any atom is -0.340 e. The molecule has 1 aromatic heterocycles. The maximum Gasteiger partial charge on any atom is 0.243 e. The van der Waals surface area contributed by atoms with Gasteiger partial charge in [-0.2, -0.15) is 9.29 Å². The fourth-order valence-corrected chi connectivity index (χ4v) is 4.84. The number of anilines is 3. The van der Waals surface area contributed by atoms with Crippen LogP contribution in [0, 0.1) is 13.8 Å². The van der Waals surface area contributed by atoms with E-state index in [1.807, 2.05) is 67.3 Å². The summed E-state index contributed by atoms with van der Waals surface area (Å²) in [5.74, 6) is 1.33. The summed E-state index contributed by atoms with van der Waals surface area (Å²) < 4.78 is 27.4. The number of aromatic nitrogens is 2. The first kappa shape index (κ1) is 20.3. The fraction of sp³-hybridized carbons (Fsp3) is 0.273. The molecule has 8 heteroatoms. The number of sulfonamides is 1. The van der Waals surface area contributed by atoms with E-state index >= 15 is 0 Å². The number of benzene rings is 2. The van der Waals surface area contributed by atoms with Crippen LogP contribution in [-0.4, -0.2) is 48.9 Å². The van der Waals surface area contributed by atoms with E-state index < -0.39 is 10.0 Å². The van der Waals surface area contributed by atoms with Gasteiger partial charge in [-0.3, -0.25) is 0 Å². The molecule has 1 saturated heterocycles. The molecule has 7 nitrogen and oxygen atoms in total. The Morgan fingerprint density at radius 3 is 2.20 bits per heavy atom. The smallest absolute Gasteiger partial charge is 0.243 e. The molecule has 0 saturated carbocycles. The molecule has 0 atom stereocenters. The van der Waals surface area contributed by atoms with Crippen LogP contribution in [0.5, 0.6) is 0 Å². The molecule has 0 aliphatic carbocycles. The van der Waals surface area contributed by atoms with E-state index in [2.05, 4.69) is 15.3 Å². The molecular formula is C22H25N5O2S. The molecule has 1 aliphatic rings. The molecule has 156 valence electrons. The van der Waals surface area contributed by atoms with Gasteiger partial charge in [-0.05, 0) is 38.1 Å². The summed E-state index contributed by atoms with van der Waals surface area (Å²) in [6.45, 7) is 5.75. The average Bonchev–Trinajstić information content (AvgIpc) is 2.74. The van der Waals surface area contributed by atoms with Crippen LogP contribution >= 0.6 is 0 Å². The van der Waals surface area contributed by atoms with Gasteiger partial charge in [0.25, 0.3) is 0 Å². The van der Waals surface area contributed by atoms with Crippen LogP contribution in [-0.2, 0) is 10.0 Å². The third-order valence-corrected chi connectivity index (χ3v) is 6.98. The molecule has 30 heavy (non-hydrogen) atoms. The zero-order chi connectivity index (χ0) is 21.1. The molecule has 2 heterocycles. The first-order chi connectivity index (χ1) is 14.4. The number of rotatable bonds is 5. The molecule has 1 N–H and O–H groups in total. The molecule has 1 fully saturated rings. The Labute approximate surface area is 177 Å². The third-order valence-electron chi connectivity index (χ3n) is 5.07. The maximum absolute atomic E-state index is 12.9. The van der Waals surface area contributed by atoms with E-state index in [1.54, 1.807) is 12.1 Å². The second-order valence-electron chi connectivity index (χ2n) is 7.39. The van der Waals surface area contributed by atoms with Gasteiger partial charge >= 0.3 is 0 Å². The van der Waals surface area contributed by atoms with E-state index in [4.69, 9.17) is 0 Å². The van der Waals surface area contributed by atoms with Crippen molar-refractivity contribution in [2.45, 2.75) is 18.7 Å². The minimum atomic E-state index is -3.49. The van der Waals surface area contributed by atoms with Crippen molar-refractivity contribution >= 4 is 27.5 Å². The zero-order valence-electron chi connectivity index (χ0n) is 17.1. The lowest BCUT2D eigenvalue weighted by Gasteiger charge is -2.34. The van der Waals surface area contributed by atoms with Crippen LogP contribution in [0.2, 0.25) is 0 Å². The van der Waals surface area contributed by atoms with Gasteiger partial charge in [0.1, 0.15) is 5.82 Å². The van der Waals surface area contributed by atoms with Gasteiger partial charge in [0.15, 0.2) is 0 Å². The average molecular weight is 424 g/mol. The van der Waals surface area contributed by atoms with Crippen molar-refractivity contribution in [2.24, 2.45) is 0 Å². The minimum absolute atomic E-state index is 0.336. The number of nitrogens with zero attached hydrogens (tertiary/aromatic N) is 4. The van der Waals surface area contributed by atoms with E-state index in [1.165, 1.54) is 4.31 Å². The maximum atomic E-state index is 12.9. The lowest BCUT2D eigenvalue weighted by Crippen LogP contribution is -2.49. The van der Waals surface area contributed by atoms with Crippen LogP contribution in [0.3, 0.4) is 0 Å².